The highest BCUT2D eigenvalue weighted by Crippen LogP contribution is 2.42. The van der Waals surface area contributed by atoms with Gasteiger partial charge in [0.15, 0.2) is 0 Å². The van der Waals surface area contributed by atoms with Gasteiger partial charge in [0, 0.05) is 32.9 Å². The first kappa shape index (κ1) is 31.0. The van der Waals surface area contributed by atoms with Gasteiger partial charge < -0.3 is 9.13 Å². The monoisotopic (exact) mass is 710 g/mol. The van der Waals surface area contributed by atoms with Crippen LogP contribution < -0.4 is 0 Å². The number of fused-ring (bicyclic) bond motifs is 13. The molecule has 0 bridgehead atoms. The van der Waals surface area contributed by atoms with Crippen molar-refractivity contribution in [3.63, 3.8) is 0 Å². The molecule has 10 aromatic carbocycles. The molecule has 2 aromatic heterocycles. The minimum absolute atomic E-state index is 1.14. The van der Waals surface area contributed by atoms with Crippen LogP contribution in [0.15, 0.2) is 206 Å². The molecule has 0 unspecified atom stereocenters. The third kappa shape index (κ3) is 4.50. The number of aromatic nitrogens is 2. The van der Waals surface area contributed by atoms with E-state index in [-0.39, 0.29) is 0 Å². The molecule has 12 rings (SSSR count). The van der Waals surface area contributed by atoms with Gasteiger partial charge in [-0.3, -0.25) is 0 Å². The molecule has 0 aliphatic rings. The lowest BCUT2D eigenvalue weighted by Gasteiger charge is -2.13. The first-order valence-electron chi connectivity index (χ1n) is 19.4. The first-order chi connectivity index (χ1) is 27.8. The molecular weight excluding hydrogens is 677 g/mol. The van der Waals surface area contributed by atoms with E-state index in [9.17, 15) is 0 Å². The molecule has 2 heteroatoms. The maximum absolute atomic E-state index is 2.44. The Morgan fingerprint density at radius 1 is 0.232 bits per heavy atom. The summed E-state index contributed by atoms with van der Waals surface area (Å²) < 4.78 is 4.88. The lowest BCUT2D eigenvalue weighted by Crippen LogP contribution is -1.95. The van der Waals surface area contributed by atoms with Gasteiger partial charge in [-0.2, -0.15) is 0 Å². The zero-order chi connectivity index (χ0) is 36.7. The van der Waals surface area contributed by atoms with Gasteiger partial charge >= 0.3 is 0 Å². The van der Waals surface area contributed by atoms with Gasteiger partial charge in [-0.25, -0.2) is 0 Å². The van der Waals surface area contributed by atoms with E-state index in [2.05, 4.69) is 215 Å². The first-order valence-corrected chi connectivity index (χ1v) is 19.4. The van der Waals surface area contributed by atoms with Gasteiger partial charge in [-0.05, 0) is 109 Å². The van der Waals surface area contributed by atoms with E-state index >= 15 is 0 Å². The summed E-state index contributed by atoms with van der Waals surface area (Å²) in [5.74, 6) is 0. The smallest absolute Gasteiger partial charge is 0.0641 e. The number of para-hydroxylation sites is 3. The standard InChI is InChI=1S/C54H34N2/c1-2-15-39(16-3-1)56-50-23-10-8-21-46(50)47-31-32-52-53(54(47)56)48-22-9-11-24-51(48)55(52)40-28-25-35(26-29-40)36-13-12-14-37(33-36)38-27-30-45-43-19-5-4-17-41(43)42-18-6-7-20-44(42)49(45)34-38/h1-34H. The van der Waals surface area contributed by atoms with E-state index in [0.29, 0.717) is 0 Å². The van der Waals surface area contributed by atoms with Crippen LogP contribution in [0.4, 0.5) is 0 Å². The molecule has 56 heavy (non-hydrogen) atoms. The zero-order valence-electron chi connectivity index (χ0n) is 30.5. The number of benzene rings is 10. The molecule has 0 amide bonds. The summed E-state index contributed by atoms with van der Waals surface area (Å²) in [6, 6.07) is 75.6. The average molecular weight is 711 g/mol. The van der Waals surface area contributed by atoms with Crippen LogP contribution in [0.1, 0.15) is 0 Å². The number of hydrogen-bond acceptors (Lipinski definition) is 0. The third-order valence-corrected chi connectivity index (χ3v) is 11.9. The van der Waals surface area contributed by atoms with Crippen LogP contribution in [-0.4, -0.2) is 9.13 Å². The topological polar surface area (TPSA) is 9.86 Å². The summed E-state index contributed by atoms with van der Waals surface area (Å²) in [5.41, 5.74) is 12.0. The van der Waals surface area contributed by atoms with E-state index in [1.807, 2.05) is 0 Å². The fourth-order valence-corrected chi connectivity index (χ4v) is 9.40. The molecule has 0 spiro atoms. The molecule has 0 radical (unpaired) electrons. The molecule has 0 N–H and O–H groups in total. The molecule has 0 saturated heterocycles. The Morgan fingerprint density at radius 3 is 1.41 bits per heavy atom. The largest absolute Gasteiger partial charge is 0.309 e. The molecule has 0 aliphatic carbocycles. The summed E-state index contributed by atoms with van der Waals surface area (Å²) in [4.78, 5) is 0. The van der Waals surface area contributed by atoms with Crippen molar-refractivity contribution >= 4 is 75.9 Å². The highest BCUT2D eigenvalue weighted by Gasteiger charge is 2.20. The summed E-state index contributed by atoms with van der Waals surface area (Å²) in [6.07, 6.45) is 0. The van der Waals surface area contributed by atoms with Crippen molar-refractivity contribution in [2.24, 2.45) is 0 Å². The van der Waals surface area contributed by atoms with Crippen LogP contribution >= 0.6 is 0 Å². The van der Waals surface area contributed by atoms with Crippen molar-refractivity contribution in [2.45, 2.75) is 0 Å². The second-order valence-corrected chi connectivity index (χ2v) is 14.9. The van der Waals surface area contributed by atoms with Crippen molar-refractivity contribution in [3.05, 3.63) is 206 Å². The Balaban J connectivity index is 0.990. The number of nitrogens with zero attached hydrogens (tertiary/aromatic N) is 2. The van der Waals surface area contributed by atoms with Gasteiger partial charge in [0.1, 0.15) is 0 Å². The summed E-state index contributed by atoms with van der Waals surface area (Å²) in [7, 11) is 0. The van der Waals surface area contributed by atoms with E-state index in [1.54, 1.807) is 0 Å². The molecule has 2 nitrogen and oxygen atoms in total. The Kier molecular flexibility index (Phi) is 6.66. The fourth-order valence-electron chi connectivity index (χ4n) is 9.40. The minimum atomic E-state index is 1.14. The van der Waals surface area contributed by atoms with Crippen molar-refractivity contribution in [3.8, 4) is 33.6 Å². The van der Waals surface area contributed by atoms with Gasteiger partial charge in [-0.15, -0.1) is 0 Å². The maximum atomic E-state index is 2.44. The second kappa shape index (κ2) is 12.0. The molecule has 0 fully saturated rings. The zero-order valence-corrected chi connectivity index (χ0v) is 30.5. The van der Waals surface area contributed by atoms with Gasteiger partial charge in [0.2, 0.25) is 0 Å². The molecular formula is C54H34N2. The SMILES string of the molecule is c1ccc(-n2c3ccccc3c3ccc4c(c5ccccc5n4-c4ccc(-c5cccc(-c6ccc7c8ccccc8c8ccccc8c7c6)c5)cc4)c32)cc1. The van der Waals surface area contributed by atoms with Crippen molar-refractivity contribution in [1.29, 1.82) is 0 Å². The summed E-state index contributed by atoms with van der Waals surface area (Å²) in [5, 5.41) is 12.8. The molecule has 2 heterocycles. The number of rotatable bonds is 4. The molecule has 260 valence electrons. The summed E-state index contributed by atoms with van der Waals surface area (Å²) >= 11 is 0. The fraction of sp³-hybridized carbons (Fsp3) is 0. The van der Waals surface area contributed by atoms with E-state index in [4.69, 9.17) is 0 Å². The Hall–Kier alpha value is -7.42. The van der Waals surface area contributed by atoms with Gasteiger partial charge in [0.25, 0.3) is 0 Å². The Labute approximate surface area is 323 Å². The van der Waals surface area contributed by atoms with E-state index < -0.39 is 0 Å². The maximum Gasteiger partial charge on any atom is 0.0641 e. The molecule has 12 aromatic rings. The highest BCUT2D eigenvalue weighted by molar-refractivity contribution is 6.27. The van der Waals surface area contributed by atoms with Crippen LogP contribution in [0.25, 0.3) is 110 Å². The predicted molar refractivity (Wildman–Crippen MR) is 239 cm³/mol. The van der Waals surface area contributed by atoms with Crippen LogP contribution in [0.5, 0.6) is 0 Å². The lowest BCUT2D eigenvalue weighted by molar-refractivity contribution is 1.17. The average Bonchev–Trinajstić information content (AvgIpc) is 3.80. The minimum Gasteiger partial charge on any atom is -0.309 e. The highest BCUT2D eigenvalue weighted by atomic mass is 15.0. The van der Waals surface area contributed by atoms with Gasteiger partial charge in [-0.1, -0.05) is 152 Å². The van der Waals surface area contributed by atoms with Crippen LogP contribution in [-0.2, 0) is 0 Å². The van der Waals surface area contributed by atoms with Crippen molar-refractivity contribution in [2.75, 3.05) is 0 Å². The quantitative estimate of drug-likeness (QED) is 0.161. The Bertz CT molecular complexity index is 3480. The summed E-state index contributed by atoms with van der Waals surface area (Å²) in [6.45, 7) is 0. The van der Waals surface area contributed by atoms with Crippen molar-refractivity contribution in [1.82, 2.24) is 9.13 Å². The molecule has 0 aliphatic heterocycles. The van der Waals surface area contributed by atoms with E-state index in [1.165, 1.54) is 104 Å². The predicted octanol–water partition coefficient (Wildman–Crippen LogP) is 14.7. The lowest BCUT2D eigenvalue weighted by atomic mass is 9.91. The van der Waals surface area contributed by atoms with Gasteiger partial charge in [0.05, 0.1) is 22.1 Å². The van der Waals surface area contributed by atoms with Crippen molar-refractivity contribution < 1.29 is 0 Å². The number of hydrogen-bond donors (Lipinski definition) is 0. The molecule has 0 saturated carbocycles. The Morgan fingerprint density at radius 2 is 0.714 bits per heavy atom. The van der Waals surface area contributed by atoms with Crippen LogP contribution in [0, 0.1) is 0 Å². The van der Waals surface area contributed by atoms with Crippen LogP contribution in [0.2, 0.25) is 0 Å². The normalized spacial score (nSPS) is 11.9. The third-order valence-electron chi connectivity index (χ3n) is 11.9. The van der Waals surface area contributed by atoms with E-state index in [0.717, 1.165) is 5.69 Å². The second-order valence-electron chi connectivity index (χ2n) is 14.9. The van der Waals surface area contributed by atoms with Crippen LogP contribution in [0.3, 0.4) is 0 Å². The molecule has 0 atom stereocenters.